The zero-order valence-electron chi connectivity index (χ0n) is 13.7. The van der Waals surface area contributed by atoms with E-state index in [-0.39, 0.29) is 5.91 Å². The number of hydrogen-bond donors (Lipinski definition) is 1. The fraction of sp³-hybridized carbons (Fsp3) is 0.316. The van der Waals surface area contributed by atoms with Gasteiger partial charge in [0.2, 0.25) is 5.91 Å². The van der Waals surface area contributed by atoms with Gasteiger partial charge in [0.1, 0.15) is 18.1 Å². The highest BCUT2D eigenvalue weighted by atomic mass is 16.5. The molecule has 0 atom stereocenters. The Morgan fingerprint density at radius 3 is 2.30 bits per heavy atom. The molecule has 122 valence electrons. The SMILES string of the molecule is COc1ccc(OCCNC(=O)CCc2ccc(C)cc2)cc1. The van der Waals surface area contributed by atoms with E-state index in [0.29, 0.717) is 19.6 Å². The number of ether oxygens (including phenoxy) is 2. The van der Waals surface area contributed by atoms with E-state index in [1.807, 2.05) is 24.3 Å². The van der Waals surface area contributed by atoms with Crippen molar-refractivity contribution in [1.29, 1.82) is 0 Å². The highest BCUT2D eigenvalue weighted by Gasteiger charge is 2.02. The van der Waals surface area contributed by atoms with Crippen molar-refractivity contribution in [3.05, 3.63) is 59.7 Å². The predicted octanol–water partition coefficient (Wildman–Crippen LogP) is 3.13. The molecule has 1 amide bonds. The lowest BCUT2D eigenvalue weighted by Gasteiger charge is -2.08. The molecule has 0 saturated heterocycles. The molecule has 2 aromatic carbocycles. The molecule has 0 radical (unpaired) electrons. The van der Waals surface area contributed by atoms with Gasteiger partial charge in [-0.25, -0.2) is 0 Å². The number of benzene rings is 2. The van der Waals surface area contributed by atoms with Crippen molar-refractivity contribution in [2.45, 2.75) is 19.8 Å². The number of carbonyl (C=O) groups excluding carboxylic acids is 1. The number of hydrogen-bond acceptors (Lipinski definition) is 3. The maximum Gasteiger partial charge on any atom is 0.220 e. The molecule has 4 nitrogen and oxygen atoms in total. The van der Waals surface area contributed by atoms with Crippen LogP contribution in [0.15, 0.2) is 48.5 Å². The second-order valence-electron chi connectivity index (χ2n) is 5.36. The maximum absolute atomic E-state index is 11.8. The van der Waals surface area contributed by atoms with Crippen LogP contribution in [-0.4, -0.2) is 26.2 Å². The van der Waals surface area contributed by atoms with Gasteiger partial charge in [-0.1, -0.05) is 29.8 Å². The normalized spacial score (nSPS) is 10.2. The molecule has 1 N–H and O–H groups in total. The van der Waals surface area contributed by atoms with E-state index in [1.165, 1.54) is 11.1 Å². The zero-order chi connectivity index (χ0) is 16.5. The Morgan fingerprint density at radius 1 is 1.00 bits per heavy atom. The van der Waals surface area contributed by atoms with Crippen LogP contribution in [0.2, 0.25) is 0 Å². The van der Waals surface area contributed by atoms with Crippen molar-refractivity contribution >= 4 is 5.91 Å². The van der Waals surface area contributed by atoms with E-state index in [1.54, 1.807) is 7.11 Å². The highest BCUT2D eigenvalue weighted by Crippen LogP contribution is 2.16. The Morgan fingerprint density at radius 2 is 1.65 bits per heavy atom. The highest BCUT2D eigenvalue weighted by molar-refractivity contribution is 5.76. The minimum absolute atomic E-state index is 0.0453. The standard InChI is InChI=1S/C19H23NO3/c1-15-3-5-16(6-4-15)7-12-19(21)20-13-14-23-18-10-8-17(22-2)9-11-18/h3-6,8-11H,7,12-14H2,1-2H3,(H,20,21). The van der Waals surface area contributed by atoms with Crippen molar-refractivity contribution < 1.29 is 14.3 Å². The molecule has 0 aromatic heterocycles. The van der Waals surface area contributed by atoms with Gasteiger partial charge in [0.25, 0.3) is 0 Å². The predicted molar refractivity (Wildman–Crippen MR) is 91.0 cm³/mol. The van der Waals surface area contributed by atoms with E-state index in [2.05, 4.69) is 36.5 Å². The van der Waals surface area contributed by atoms with Crippen LogP contribution in [0.3, 0.4) is 0 Å². The fourth-order valence-electron chi connectivity index (χ4n) is 2.13. The lowest BCUT2D eigenvalue weighted by molar-refractivity contribution is -0.121. The van der Waals surface area contributed by atoms with Crippen LogP contribution >= 0.6 is 0 Å². The van der Waals surface area contributed by atoms with Gasteiger partial charge in [-0.05, 0) is 43.2 Å². The Hall–Kier alpha value is -2.49. The average Bonchev–Trinajstić information content (AvgIpc) is 2.59. The second-order valence-corrected chi connectivity index (χ2v) is 5.36. The first-order valence-corrected chi connectivity index (χ1v) is 7.76. The summed E-state index contributed by atoms with van der Waals surface area (Å²) >= 11 is 0. The molecule has 0 aliphatic rings. The summed E-state index contributed by atoms with van der Waals surface area (Å²) in [5, 5.41) is 2.87. The van der Waals surface area contributed by atoms with Crippen LogP contribution in [-0.2, 0) is 11.2 Å². The molecule has 2 rings (SSSR count). The number of methoxy groups -OCH3 is 1. The molecule has 0 aliphatic heterocycles. The quantitative estimate of drug-likeness (QED) is 0.762. The fourth-order valence-corrected chi connectivity index (χ4v) is 2.13. The lowest BCUT2D eigenvalue weighted by atomic mass is 10.1. The average molecular weight is 313 g/mol. The molecule has 4 heteroatoms. The number of aryl methyl sites for hydroxylation is 2. The van der Waals surface area contributed by atoms with Crippen LogP contribution in [0.1, 0.15) is 17.5 Å². The minimum Gasteiger partial charge on any atom is -0.497 e. The minimum atomic E-state index is 0.0453. The summed E-state index contributed by atoms with van der Waals surface area (Å²) in [6.07, 6.45) is 1.25. The third-order valence-electron chi connectivity index (χ3n) is 3.51. The van der Waals surface area contributed by atoms with Crippen LogP contribution < -0.4 is 14.8 Å². The first-order valence-electron chi connectivity index (χ1n) is 7.76. The molecular formula is C19H23NO3. The van der Waals surface area contributed by atoms with Crippen molar-refractivity contribution in [2.24, 2.45) is 0 Å². The Labute approximate surface area is 137 Å². The molecule has 0 unspecified atom stereocenters. The van der Waals surface area contributed by atoms with Crippen LogP contribution in [0.25, 0.3) is 0 Å². The summed E-state index contributed by atoms with van der Waals surface area (Å²) < 4.78 is 10.6. The molecule has 0 spiro atoms. The monoisotopic (exact) mass is 313 g/mol. The van der Waals surface area contributed by atoms with Crippen molar-refractivity contribution in [3.8, 4) is 11.5 Å². The first kappa shape index (κ1) is 16.9. The van der Waals surface area contributed by atoms with E-state index >= 15 is 0 Å². The van der Waals surface area contributed by atoms with E-state index in [0.717, 1.165) is 17.9 Å². The van der Waals surface area contributed by atoms with Crippen LogP contribution in [0.4, 0.5) is 0 Å². The van der Waals surface area contributed by atoms with E-state index < -0.39 is 0 Å². The molecule has 0 heterocycles. The van der Waals surface area contributed by atoms with Crippen molar-refractivity contribution in [3.63, 3.8) is 0 Å². The number of nitrogens with one attached hydrogen (secondary N) is 1. The summed E-state index contributed by atoms with van der Waals surface area (Å²) in [6.45, 7) is 3.00. The summed E-state index contributed by atoms with van der Waals surface area (Å²) in [6, 6.07) is 15.6. The van der Waals surface area contributed by atoms with Crippen LogP contribution in [0, 0.1) is 6.92 Å². The Balaban J connectivity index is 1.61. The second kappa shape index (κ2) is 8.83. The molecule has 0 saturated carbocycles. The summed E-state index contributed by atoms with van der Waals surface area (Å²) in [5.41, 5.74) is 2.41. The third-order valence-corrected chi connectivity index (χ3v) is 3.51. The Bertz CT molecular complexity index is 606. The summed E-state index contributed by atoms with van der Waals surface area (Å²) in [5.74, 6) is 1.60. The van der Waals surface area contributed by atoms with Gasteiger partial charge in [0.05, 0.1) is 13.7 Å². The zero-order valence-corrected chi connectivity index (χ0v) is 13.7. The van der Waals surface area contributed by atoms with Crippen LogP contribution in [0.5, 0.6) is 11.5 Å². The van der Waals surface area contributed by atoms with Gasteiger partial charge in [0, 0.05) is 6.42 Å². The number of rotatable bonds is 8. The van der Waals surface area contributed by atoms with Gasteiger partial charge in [-0.3, -0.25) is 4.79 Å². The lowest BCUT2D eigenvalue weighted by Crippen LogP contribution is -2.28. The van der Waals surface area contributed by atoms with Gasteiger partial charge >= 0.3 is 0 Å². The van der Waals surface area contributed by atoms with Crippen molar-refractivity contribution in [1.82, 2.24) is 5.32 Å². The molecule has 23 heavy (non-hydrogen) atoms. The molecule has 2 aromatic rings. The van der Waals surface area contributed by atoms with E-state index in [9.17, 15) is 4.79 Å². The summed E-state index contributed by atoms with van der Waals surface area (Å²) in [7, 11) is 1.63. The number of amides is 1. The van der Waals surface area contributed by atoms with Gasteiger partial charge in [-0.2, -0.15) is 0 Å². The third kappa shape index (κ3) is 6.02. The Kier molecular flexibility index (Phi) is 6.48. The molecule has 0 fully saturated rings. The van der Waals surface area contributed by atoms with Crippen molar-refractivity contribution in [2.75, 3.05) is 20.3 Å². The molecule has 0 aliphatic carbocycles. The molecule has 0 bridgehead atoms. The van der Waals surface area contributed by atoms with Gasteiger partial charge < -0.3 is 14.8 Å². The number of carbonyl (C=O) groups is 1. The topological polar surface area (TPSA) is 47.6 Å². The van der Waals surface area contributed by atoms with Gasteiger partial charge in [0.15, 0.2) is 0 Å². The largest absolute Gasteiger partial charge is 0.497 e. The maximum atomic E-state index is 11.8. The first-order chi connectivity index (χ1) is 11.2. The summed E-state index contributed by atoms with van der Waals surface area (Å²) in [4.78, 5) is 11.8. The van der Waals surface area contributed by atoms with E-state index in [4.69, 9.17) is 9.47 Å². The smallest absolute Gasteiger partial charge is 0.220 e. The van der Waals surface area contributed by atoms with Gasteiger partial charge in [-0.15, -0.1) is 0 Å². The molecular weight excluding hydrogens is 290 g/mol.